The van der Waals surface area contributed by atoms with E-state index < -0.39 is 0 Å². The van der Waals surface area contributed by atoms with E-state index in [0.717, 1.165) is 11.4 Å². The van der Waals surface area contributed by atoms with Crippen molar-refractivity contribution in [2.45, 2.75) is 13.8 Å². The van der Waals surface area contributed by atoms with E-state index in [1.54, 1.807) is 31.2 Å². The topological polar surface area (TPSA) is 84.0 Å². The summed E-state index contributed by atoms with van der Waals surface area (Å²) in [7, 11) is 1.57. The Balaban J connectivity index is 1.61. The molecule has 154 valence electrons. The van der Waals surface area contributed by atoms with E-state index in [0.29, 0.717) is 49.8 Å². The number of rotatable bonds is 5. The number of carbonyl (C=O) groups excluding carboxylic acids is 2. The number of amides is 2. The van der Waals surface area contributed by atoms with Gasteiger partial charge < -0.3 is 24.6 Å². The van der Waals surface area contributed by atoms with Crippen molar-refractivity contribution in [3.05, 3.63) is 47.7 Å². The van der Waals surface area contributed by atoms with Gasteiger partial charge in [0.05, 0.1) is 25.0 Å². The van der Waals surface area contributed by atoms with E-state index in [9.17, 15) is 9.59 Å². The van der Waals surface area contributed by atoms with Gasteiger partial charge in [0.1, 0.15) is 11.6 Å². The first kappa shape index (κ1) is 20.4. The van der Waals surface area contributed by atoms with Crippen LogP contribution >= 0.6 is 0 Å². The molecule has 1 fully saturated rings. The summed E-state index contributed by atoms with van der Waals surface area (Å²) in [5.41, 5.74) is 2.11. The van der Waals surface area contributed by atoms with Crippen LogP contribution in [0.15, 0.2) is 36.5 Å². The second-order valence-electron chi connectivity index (χ2n) is 6.74. The van der Waals surface area contributed by atoms with Crippen LogP contribution in [0, 0.1) is 6.92 Å². The number of pyridine rings is 1. The van der Waals surface area contributed by atoms with Crippen LogP contribution in [0.2, 0.25) is 0 Å². The zero-order chi connectivity index (χ0) is 20.8. The van der Waals surface area contributed by atoms with Crippen molar-refractivity contribution in [2.24, 2.45) is 0 Å². The molecule has 1 aromatic heterocycles. The van der Waals surface area contributed by atoms with Crippen molar-refractivity contribution in [1.29, 1.82) is 0 Å². The molecule has 8 nitrogen and oxygen atoms in total. The van der Waals surface area contributed by atoms with Gasteiger partial charge in [-0.25, -0.2) is 9.78 Å². The number of ether oxygens (including phenoxy) is 2. The predicted octanol–water partition coefficient (Wildman–Crippen LogP) is 2.93. The highest BCUT2D eigenvalue weighted by molar-refractivity contribution is 6.05. The van der Waals surface area contributed by atoms with E-state index in [-0.39, 0.29) is 12.0 Å². The number of hydrogen-bond acceptors (Lipinski definition) is 6. The van der Waals surface area contributed by atoms with Crippen molar-refractivity contribution >= 4 is 23.5 Å². The van der Waals surface area contributed by atoms with Crippen molar-refractivity contribution in [3.63, 3.8) is 0 Å². The summed E-state index contributed by atoms with van der Waals surface area (Å²) in [4.78, 5) is 32.6. The molecule has 0 spiro atoms. The number of benzene rings is 1. The molecule has 3 rings (SSSR count). The van der Waals surface area contributed by atoms with Gasteiger partial charge in [0.25, 0.3) is 5.91 Å². The smallest absolute Gasteiger partial charge is 0.409 e. The highest BCUT2D eigenvalue weighted by Gasteiger charge is 2.22. The molecule has 1 N–H and O–H groups in total. The van der Waals surface area contributed by atoms with Gasteiger partial charge in [-0.05, 0) is 43.7 Å². The number of nitrogens with one attached hydrogen (secondary N) is 1. The zero-order valence-electron chi connectivity index (χ0n) is 17.0. The largest absolute Gasteiger partial charge is 0.495 e. The van der Waals surface area contributed by atoms with Crippen LogP contribution < -0.4 is 15.0 Å². The third kappa shape index (κ3) is 4.96. The molecule has 2 aromatic rings. The van der Waals surface area contributed by atoms with Gasteiger partial charge in [0.15, 0.2) is 0 Å². The SMILES string of the molecule is CCOC(=O)N1CCN(c2ccc(C(=O)Nc3cc(C)ccc3OC)cn2)CC1. The molecule has 1 aromatic carbocycles. The first-order valence-corrected chi connectivity index (χ1v) is 9.60. The minimum atomic E-state index is -0.279. The lowest BCUT2D eigenvalue weighted by Gasteiger charge is -2.34. The number of nitrogens with zero attached hydrogens (tertiary/aromatic N) is 3. The van der Waals surface area contributed by atoms with Gasteiger partial charge in [-0.2, -0.15) is 0 Å². The molecule has 0 atom stereocenters. The molecule has 0 radical (unpaired) electrons. The average Bonchev–Trinajstić information content (AvgIpc) is 2.74. The Bertz CT molecular complexity index is 861. The highest BCUT2D eigenvalue weighted by Crippen LogP contribution is 2.26. The Morgan fingerprint density at radius 2 is 1.90 bits per heavy atom. The summed E-state index contributed by atoms with van der Waals surface area (Å²) in [6.07, 6.45) is 1.28. The molecule has 2 amide bonds. The van der Waals surface area contributed by atoms with Crippen LogP contribution in [0.3, 0.4) is 0 Å². The number of hydrogen-bond donors (Lipinski definition) is 1. The summed E-state index contributed by atoms with van der Waals surface area (Å²) in [6, 6.07) is 9.18. The highest BCUT2D eigenvalue weighted by atomic mass is 16.6. The lowest BCUT2D eigenvalue weighted by atomic mass is 10.2. The summed E-state index contributed by atoms with van der Waals surface area (Å²) in [5.74, 6) is 1.13. The summed E-state index contributed by atoms with van der Waals surface area (Å²) in [6.45, 7) is 6.61. The number of piperazine rings is 1. The van der Waals surface area contributed by atoms with Gasteiger partial charge in [-0.1, -0.05) is 6.07 Å². The zero-order valence-corrected chi connectivity index (χ0v) is 17.0. The summed E-state index contributed by atoms with van der Waals surface area (Å²) < 4.78 is 10.3. The number of anilines is 2. The Kier molecular flexibility index (Phi) is 6.54. The number of carbonyl (C=O) groups is 2. The molecule has 0 saturated carbocycles. The lowest BCUT2D eigenvalue weighted by molar-refractivity contribution is 0.102. The third-order valence-corrected chi connectivity index (χ3v) is 4.74. The van der Waals surface area contributed by atoms with Crippen LogP contribution in [-0.2, 0) is 4.74 Å². The maximum absolute atomic E-state index is 12.6. The molecule has 0 unspecified atom stereocenters. The number of methoxy groups -OCH3 is 1. The van der Waals surface area contributed by atoms with Gasteiger partial charge in [-0.3, -0.25) is 4.79 Å². The lowest BCUT2D eigenvalue weighted by Crippen LogP contribution is -2.49. The molecule has 0 bridgehead atoms. The average molecular weight is 398 g/mol. The quantitative estimate of drug-likeness (QED) is 0.834. The molecule has 29 heavy (non-hydrogen) atoms. The van der Waals surface area contributed by atoms with E-state index >= 15 is 0 Å². The van der Waals surface area contributed by atoms with Crippen LogP contribution in [0.4, 0.5) is 16.3 Å². The Hall–Kier alpha value is -3.29. The van der Waals surface area contributed by atoms with Crippen LogP contribution in [0.25, 0.3) is 0 Å². The second kappa shape index (κ2) is 9.27. The standard InChI is InChI=1S/C21H26N4O4/c1-4-29-21(27)25-11-9-24(10-12-25)19-8-6-16(14-22-19)20(26)23-17-13-15(2)5-7-18(17)28-3/h5-8,13-14H,4,9-12H2,1-3H3,(H,23,26). The van der Waals surface area contributed by atoms with Crippen molar-refractivity contribution in [1.82, 2.24) is 9.88 Å². The number of aryl methyl sites for hydroxylation is 1. The van der Waals surface area contributed by atoms with Crippen molar-refractivity contribution < 1.29 is 19.1 Å². The normalized spacial score (nSPS) is 13.8. The summed E-state index contributed by atoms with van der Waals surface area (Å²) >= 11 is 0. The van der Waals surface area contributed by atoms with Crippen LogP contribution in [0.1, 0.15) is 22.8 Å². The first-order chi connectivity index (χ1) is 14.0. The van der Waals surface area contributed by atoms with E-state index in [2.05, 4.69) is 15.2 Å². The maximum atomic E-state index is 12.6. The molecule has 8 heteroatoms. The van der Waals surface area contributed by atoms with Gasteiger partial charge >= 0.3 is 6.09 Å². The maximum Gasteiger partial charge on any atom is 0.409 e. The fourth-order valence-corrected chi connectivity index (χ4v) is 3.15. The molecule has 0 aliphatic carbocycles. The molecule has 2 heterocycles. The minimum absolute atomic E-state index is 0.250. The fourth-order valence-electron chi connectivity index (χ4n) is 3.15. The Labute approximate surface area is 170 Å². The van der Waals surface area contributed by atoms with Crippen LogP contribution in [-0.4, -0.2) is 61.8 Å². The minimum Gasteiger partial charge on any atom is -0.495 e. The Morgan fingerprint density at radius 1 is 1.14 bits per heavy atom. The van der Waals surface area contributed by atoms with E-state index in [1.165, 1.54) is 0 Å². The van der Waals surface area contributed by atoms with Gasteiger partial charge in [0, 0.05) is 32.4 Å². The van der Waals surface area contributed by atoms with Crippen LogP contribution in [0.5, 0.6) is 5.75 Å². The van der Waals surface area contributed by atoms with E-state index in [4.69, 9.17) is 9.47 Å². The molecule has 1 aliphatic heterocycles. The number of aromatic nitrogens is 1. The van der Waals surface area contributed by atoms with Crippen molar-refractivity contribution in [2.75, 3.05) is 50.1 Å². The predicted molar refractivity (Wildman–Crippen MR) is 111 cm³/mol. The Morgan fingerprint density at radius 3 is 2.52 bits per heavy atom. The molecule has 1 aliphatic rings. The van der Waals surface area contributed by atoms with Crippen molar-refractivity contribution in [3.8, 4) is 5.75 Å². The first-order valence-electron chi connectivity index (χ1n) is 9.60. The van der Waals surface area contributed by atoms with Gasteiger partial charge in [-0.15, -0.1) is 0 Å². The molecular weight excluding hydrogens is 372 g/mol. The monoisotopic (exact) mass is 398 g/mol. The third-order valence-electron chi connectivity index (χ3n) is 4.74. The fraction of sp³-hybridized carbons (Fsp3) is 0.381. The second-order valence-corrected chi connectivity index (χ2v) is 6.74. The summed E-state index contributed by atoms with van der Waals surface area (Å²) in [5, 5.41) is 2.87. The molecule has 1 saturated heterocycles. The van der Waals surface area contributed by atoms with E-state index in [1.807, 2.05) is 31.2 Å². The van der Waals surface area contributed by atoms with Gasteiger partial charge in [0.2, 0.25) is 0 Å². The molecular formula is C21H26N4O4.